The first-order valence-corrected chi connectivity index (χ1v) is 12.1. The third kappa shape index (κ3) is 4.89. The van der Waals surface area contributed by atoms with E-state index in [1.807, 2.05) is 43.3 Å². The van der Waals surface area contributed by atoms with Gasteiger partial charge in [-0.25, -0.2) is 4.79 Å². The molecule has 0 radical (unpaired) electrons. The fourth-order valence-electron chi connectivity index (χ4n) is 4.48. The molecule has 4 heterocycles. The standard InChI is InChI=1S/C26H25F3N8O/c1-3-4-8-21-16-37(24-22(26(27,28)29)10-12-35(24)2)25(38)36(21)15-20-14-18(9-11-30-20)17-6-5-7-19(13-17)23-31-33-34-32-23/h5-7,9-14,16H,3-4,8,15H2,1-2H3,(H,31,32,33,34). The van der Waals surface area contributed by atoms with Gasteiger partial charge in [-0.1, -0.05) is 31.5 Å². The molecule has 12 heteroatoms. The van der Waals surface area contributed by atoms with Gasteiger partial charge in [0.25, 0.3) is 0 Å². The van der Waals surface area contributed by atoms with E-state index in [9.17, 15) is 18.0 Å². The Morgan fingerprint density at radius 3 is 2.58 bits per heavy atom. The van der Waals surface area contributed by atoms with Gasteiger partial charge in [-0.2, -0.15) is 18.4 Å². The van der Waals surface area contributed by atoms with Gasteiger partial charge in [0.2, 0.25) is 5.82 Å². The molecule has 0 atom stereocenters. The number of alkyl halides is 3. The van der Waals surface area contributed by atoms with Crippen molar-refractivity contribution in [2.75, 3.05) is 0 Å². The topological polar surface area (TPSA) is 99.2 Å². The normalized spacial score (nSPS) is 11.8. The molecule has 5 aromatic rings. The Kier molecular flexibility index (Phi) is 6.70. The molecule has 0 aliphatic carbocycles. The van der Waals surface area contributed by atoms with Gasteiger partial charge in [0.05, 0.1) is 17.8 Å². The summed E-state index contributed by atoms with van der Waals surface area (Å²) in [5.41, 5.74) is 2.39. The van der Waals surface area contributed by atoms with E-state index in [0.29, 0.717) is 23.6 Å². The lowest BCUT2D eigenvalue weighted by Gasteiger charge is -2.10. The molecular weight excluding hydrogens is 497 g/mol. The van der Waals surface area contributed by atoms with E-state index in [-0.39, 0.29) is 12.4 Å². The molecule has 0 spiro atoms. The Morgan fingerprint density at radius 1 is 1.05 bits per heavy atom. The van der Waals surface area contributed by atoms with E-state index in [1.165, 1.54) is 28.6 Å². The number of nitrogens with zero attached hydrogens (tertiary/aromatic N) is 7. The van der Waals surface area contributed by atoms with Crippen molar-refractivity contribution in [1.82, 2.24) is 39.3 Å². The van der Waals surface area contributed by atoms with Crippen molar-refractivity contribution in [3.8, 4) is 28.3 Å². The highest BCUT2D eigenvalue weighted by Gasteiger charge is 2.36. The van der Waals surface area contributed by atoms with Gasteiger partial charge in [-0.05, 0) is 53.4 Å². The molecule has 4 aromatic heterocycles. The van der Waals surface area contributed by atoms with Crippen molar-refractivity contribution in [3.05, 3.63) is 88.5 Å². The number of benzene rings is 1. The maximum atomic E-state index is 13.7. The van der Waals surface area contributed by atoms with Crippen LogP contribution in [0.15, 0.2) is 65.8 Å². The first-order valence-electron chi connectivity index (χ1n) is 12.1. The Labute approximate surface area is 215 Å². The average Bonchev–Trinajstić information content (AvgIpc) is 3.64. The van der Waals surface area contributed by atoms with E-state index in [2.05, 4.69) is 25.6 Å². The zero-order chi connectivity index (χ0) is 26.9. The van der Waals surface area contributed by atoms with Crippen molar-refractivity contribution in [3.63, 3.8) is 0 Å². The summed E-state index contributed by atoms with van der Waals surface area (Å²) in [6.45, 7) is 2.14. The molecule has 196 valence electrons. The smallest absolute Gasteiger partial charge is 0.337 e. The van der Waals surface area contributed by atoms with E-state index in [4.69, 9.17) is 0 Å². The molecule has 0 bridgehead atoms. The van der Waals surface area contributed by atoms with Crippen LogP contribution in [-0.2, 0) is 26.2 Å². The number of tetrazole rings is 1. The van der Waals surface area contributed by atoms with Crippen LogP contribution in [0, 0.1) is 0 Å². The zero-order valence-corrected chi connectivity index (χ0v) is 20.8. The minimum Gasteiger partial charge on any atom is -0.337 e. The fraction of sp³-hybridized carbons (Fsp3) is 0.269. The zero-order valence-electron chi connectivity index (χ0n) is 20.8. The number of H-pyrrole nitrogens is 1. The number of aromatic nitrogens is 8. The van der Waals surface area contributed by atoms with Gasteiger partial charge in [0.1, 0.15) is 5.82 Å². The second-order valence-electron chi connectivity index (χ2n) is 8.98. The first-order chi connectivity index (χ1) is 18.3. The second kappa shape index (κ2) is 10.1. The predicted octanol–water partition coefficient (Wildman–Crippen LogP) is 4.63. The number of pyridine rings is 1. The lowest BCUT2D eigenvalue weighted by molar-refractivity contribution is -0.137. The molecule has 0 unspecified atom stereocenters. The Hall–Kier alpha value is -4.48. The lowest BCUT2D eigenvalue weighted by atomic mass is 10.0. The van der Waals surface area contributed by atoms with Crippen molar-refractivity contribution in [2.45, 2.75) is 38.9 Å². The highest BCUT2D eigenvalue weighted by molar-refractivity contribution is 5.70. The molecule has 0 aliphatic heterocycles. The number of unbranched alkanes of at least 4 members (excludes halogenated alkanes) is 1. The van der Waals surface area contributed by atoms with Crippen LogP contribution < -0.4 is 5.69 Å². The van der Waals surface area contributed by atoms with Gasteiger partial charge in [0, 0.05) is 36.9 Å². The van der Waals surface area contributed by atoms with Crippen LogP contribution in [0.3, 0.4) is 0 Å². The Balaban J connectivity index is 1.53. The van der Waals surface area contributed by atoms with E-state index in [0.717, 1.165) is 40.2 Å². The fourth-order valence-corrected chi connectivity index (χ4v) is 4.48. The van der Waals surface area contributed by atoms with Crippen LogP contribution in [0.1, 0.15) is 36.7 Å². The van der Waals surface area contributed by atoms with Crippen molar-refractivity contribution >= 4 is 0 Å². The largest absolute Gasteiger partial charge is 0.419 e. The summed E-state index contributed by atoms with van der Waals surface area (Å²) in [5, 5.41) is 14.1. The molecular formula is C26H25F3N8O. The minimum absolute atomic E-state index is 0.120. The van der Waals surface area contributed by atoms with E-state index >= 15 is 0 Å². The summed E-state index contributed by atoms with van der Waals surface area (Å²) in [5.74, 6) is 0.257. The van der Waals surface area contributed by atoms with Crippen molar-refractivity contribution in [1.29, 1.82) is 0 Å². The number of imidazole rings is 1. The monoisotopic (exact) mass is 522 g/mol. The number of halogens is 3. The quantitative estimate of drug-likeness (QED) is 0.320. The van der Waals surface area contributed by atoms with Crippen LogP contribution in [0.4, 0.5) is 13.2 Å². The van der Waals surface area contributed by atoms with Crippen molar-refractivity contribution < 1.29 is 13.2 Å². The summed E-state index contributed by atoms with van der Waals surface area (Å²) in [4.78, 5) is 18.0. The molecule has 0 aliphatic rings. The van der Waals surface area contributed by atoms with Crippen LogP contribution in [0.2, 0.25) is 0 Å². The molecule has 9 nitrogen and oxygen atoms in total. The lowest BCUT2D eigenvalue weighted by Crippen LogP contribution is -2.27. The Bertz CT molecular complexity index is 1610. The summed E-state index contributed by atoms with van der Waals surface area (Å²) in [6, 6.07) is 12.3. The molecule has 0 saturated carbocycles. The van der Waals surface area contributed by atoms with Gasteiger partial charge in [0.15, 0.2) is 0 Å². The summed E-state index contributed by atoms with van der Waals surface area (Å²) >= 11 is 0. The van der Waals surface area contributed by atoms with Gasteiger partial charge in [-0.3, -0.25) is 14.1 Å². The van der Waals surface area contributed by atoms with Crippen molar-refractivity contribution in [2.24, 2.45) is 7.05 Å². The van der Waals surface area contributed by atoms with Crippen LogP contribution >= 0.6 is 0 Å². The number of aryl methyl sites for hydroxylation is 2. The van der Waals surface area contributed by atoms with Gasteiger partial charge < -0.3 is 4.57 Å². The number of hydrogen-bond donors (Lipinski definition) is 1. The van der Waals surface area contributed by atoms with Crippen LogP contribution in [-0.4, -0.2) is 39.3 Å². The SMILES string of the molecule is CCCCc1cn(-c2c(C(F)(F)F)ccn2C)c(=O)n1Cc1cc(-c2cccc(-c3nn[nH]n3)c2)ccn1. The van der Waals surface area contributed by atoms with Crippen LogP contribution in [0.25, 0.3) is 28.3 Å². The molecule has 1 N–H and O–H groups in total. The second-order valence-corrected chi connectivity index (χ2v) is 8.98. The highest BCUT2D eigenvalue weighted by Crippen LogP contribution is 2.34. The molecule has 0 amide bonds. The minimum atomic E-state index is -4.59. The van der Waals surface area contributed by atoms with E-state index in [1.54, 1.807) is 6.20 Å². The number of nitrogens with one attached hydrogen (secondary N) is 1. The highest BCUT2D eigenvalue weighted by atomic mass is 19.4. The molecule has 0 fully saturated rings. The summed E-state index contributed by atoms with van der Waals surface area (Å²) in [6.07, 6.45) is 2.10. The predicted molar refractivity (Wildman–Crippen MR) is 135 cm³/mol. The average molecular weight is 523 g/mol. The molecule has 38 heavy (non-hydrogen) atoms. The Morgan fingerprint density at radius 2 is 1.84 bits per heavy atom. The van der Waals surface area contributed by atoms with Gasteiger partial charge >= 0.3 is 11.9 Å². The van der Waals surface area contributed by atoms with Crippen LogP contribution in [0.5, 0.6) is 0 Å². The third-order valence-electron chi connectivity index (χ3n) is 6.36. The number of aromatic amines is 1. The maximum absolute atomic E-state index is 13.7. The molecule has 0 saturated heterocycles. The van der Waals surface area contributed by atoms with Gasteiger partial charge in [-0.15, -0.1) is 10.2 Å². The number of hydrogen-bond acceptors (Lipinski definition) is 5. The molecule has 5 rings (SSSR count). The first kappa shape index (κ1) is 25.2. The summed E-state index contributed by atoms with van der Waals surface area (Å²) < 4.78 is 45.0. The number of rotatable bonds is 8. The summed E-state index contributed by atoms with van der Waals surface area (Å²) in [7, 11) is 1.49. The maximum Gasteiger partial charge on any atom is 0.419 e. The third-order valence-corrected chi connectivity index (χ3v) is 6.36. The molecule has 1 aromatic carbocycles. The van der Waals surface area contributed by atoms with E-state index < -0.39 is 17.4 Å².